The van der Waals surface area contributed by atoms with E-state index in [1.807, 2.05) is 12.1 Å². The molecule has 0 bridgehead atoms. The molecule has 0 spiro atoms. The Balaban J connectivity index is 2.87. The van der Waals surface area contributed by atoms with Gasteiger partial charge < -0.3 is 5.11 Å². The topological polar surface area (TPSA) is 20.2 Å². The molecule has 0 aliphatic rings. The molecule has 0 aliphatic carbocycles. The third kappa shape index (κ3) is 2.63. The van der Waals surface area contributed by atoms with Gasteiger partial charge in [0.1, 0.15) is 6.61 Å². The molecule has 0 saturated carbocycles. The SMILES string of the molecule is OCC#Cc1cccc(Cl)c1. The molecule has 0 heterocycles. The van der Waals surface area contributed by atoms with Crippen molar-refractivity contribution in [2.75, 3.05) is 6.61 Å². The van der Waals surface area contributed by atoms with Gasteiger partial charge in [-0.15, -0.1) is 0 Å². The van der Waals surface area contributed by atoms with E-state index in [0.29, 0.717) is 5.02 Å². The maximum Gasteiger partial charge on any atom is 0.104 e. The van der Waals surface area contributed by atoms with Crippen LogP contribution < -0.4 is 0 Å². The minimum Gasteiger partial charge on any atom is -0.384 e. The zero-order valence-electron chi connectivity index (χ0n) is 5.84. The van der Waals surface area contributed by atoms with Crippen LogP contribution in [-0.4, -0.2) is 11.7 Å². The molecule has 0 radical (unpaired) electrons. The van der Waals surface area contributed by atoms with Gasteiger partial charge in [0.15, 0.2) is 0 Å². The van der Waals surface area contributed by atoms with Crippen LogP contribution in [0.2, 0.25) is 5.02 Å². The van der Waals surface area contributed by atoms with Crippen LogP contribution in [0.25, 0.3) is 0 Å². The normalized spacial score (nSPS) is 8.55. The summed E-state index contributed by atoms with van der Waals surface area (Å²) in [6.45, 7) is -0.119. The van der Waals surface area contributed by atoms with Crippen molar-refractivity contribution >= 4 is 11.6 Å². The molecule has 56 valence electrons. The van der Waals surface area contributed by atoms with E-state index in [9.17, 15) is 0 Å². The highest BCUT2D eigenvalue weighted by molar-refractivity contribution is 6.30. The lowest BCUT2D eigenvalue weighted by molar-refractivity contribution is 0.350. The molecular formula is C9H7ClO. The van der Waals surface area contributed by atoms with Crippen molar-refractivity contribution in [1.82, 2.24) is 0 Å². The molecule has 1 rings (SSSR count). The Morgan fingerprint density at radius 1 is 1.45 bits per heavy atom. The van der Waals surface area contributed by atoms with Crippen LogP contribution in [0.3, 0.4) is 0 Å². The molecular weight excluding hydrogens is 160 g/mol. The maximum atomic E-state index is 8.39. The van der Waals surface area contributed by atoms with E-state index in [1.54, 1.807) is 12.1 Å². The van der Waals surface area contributed by atoms with Crippen LogP contribution in [0.1, 0.15) is 5.56 Å². The highest BCUT2D eigenvalue weighted by atomic mass is 35.5. The Hall–Kier alpha value is -0.970. The second-order valence-corrected chi connectivity index (χ2v) is 2.41. The average molecular weight is 167 g/mol. The summed E-state index contributed by atoms with van der Waals surface area (Å²) in [5.41, 5.74) is 0.826. The standard InChI is InChI=1S/C9H7ClO/c10-9-5-1-3-8(7-9)4-2-6-11/h1,3,5,7,11H,6H2. The lowest BCUT2D eigenvalue weighted by Gasteiger charge is -1.89. The minimum absolute atomic E-state index is 0.119. The predicted octanol–water partition coefficient (Wildman–Crippen LogP) is 1.68. The molecule has 0 unspecified atom stereocenters. The highest BCUT2D eigenvalue weighted by Crippen LogP contribution is 2.08. The minimum atomic E-state index is -0.119. The van der Waals surface area contributed by atoms with Crippen molar-refractivity contribution in [3.05, 3.63) is 34.9 Å². The first-order valence-electron chi connectivity index (χ1n) is 3.18. The Morgan fingerprint density at radius 3 is 2.91 bits per heavy atom. The van der Waals surface area contributed by atoms with Gasteiger partial charge in [-0.25, -0.2) is 0 Å². The lowest BCUT2D eigenvalue weighted by Crippen LogP contribution is -1.75. The number of aliphatic hydroxyl groups excluding tert-OH is 1. The Labute approximate surface area is 70.6 Å². The summed E-state index contributed by atoms with van der Waals surface area (Å²) in [4.78, 5) is 0. The van der Waals surface area contributed by atoms with Crippen molar-refractivity contribution in [2.45, 2.75) is 0 Å². The maximum absolute atomic E-state index is 8.39. The van der Waals surface area contributed by atoms with E-state index in [1.165, 1.54) is 0 Å². The van der Waals surface area contributed by atoms with Gasteiger partial charge in [-0.3, -0.25) is 0 Å². The number of aliphatic hydroxyl groups is 1. The van der Waals surface area contributed by atoms with Gasteiger partial charge >= 0.3 is 0 Å². The Morgan fingerprint density at radius 2 is 2.27 bits per heavy atom. The van der Waals surface area contributed by atoms with Crippen molar-refractivity contribution in [3.63, 3.8) is 0 Å². The summed E-state index contributed by atoms with van der Waals surface area (Å²) in [7, 11) is 0. The smallest absolute Gasteiger partial charge is 0.104 e. The zero-order valence-corrected chi connectivity index (χ0v) is 6.60. The molecule has 0 aliphatic heterocycles. The number of hydrogen-bond donors (Lipinski definition) is 1. The quantitative estimate of drug-likeness (QED) is 0.582. The lowest BCUT2D eigenvalue weighted by atomic mass is 10.2. The summed E-state index contributed by atoms with van der Waals surface area (Å²) in [6.07, 6.45) is 0. The molecule has 1 aromatic rings. The largest absolute Gasteiger partial charge is 0.384 e. The molecule has 0 amide bonds. The van der Waals surface area contributed by atoms with E-state index >= 15 is 0 Å². The van der Waals surface area contributed by atoms with Crippen molar-refractivity contribution < 1.29 is 5.11 Å². The van der Waals surface area contributed by atoms with E-state index in [-0.39, 0.29) is 6.61 Å². The number of halogens is 1. The number of rotatable bonds is 0. The van der Waals surface area contributed by atoms with Gasteiger partial charge in [0, 0.05) is 10.6 Å². The van der Waals surface area contributed by atoms with E-state index < -0.39 is 0 Å². The zero-order chi connectivity index (χ0) is 8.10. The third-order valence-electron chi connectivity index (χ3n) is 1.14. The van der Waals surface area contributed by atoms with Crippen molar-refractivity contribution in [2.24, 2.45) is 0 Å². The first kappa shape index (κ1) is 8.13. The summed E-state index contributed by atoms with van der Waals surface area (Å²) in [5, 5.41) is 9.05. The van der Waals surface area contributed by atoms with Crippen LogP contribution in [0, 0.1) is 11.8 Å². The summed E-state index contributed by atoms with van der Waals surface area (Å²) in [5.74, 6) is 5.29. The number of benzene rings is 1. The molecule has 0 atom stereocenters. The van der Waals surface area contributed by atoms with E-state index in [4.69, 9.17) is 16.7 Å². The summed E-state index contributed by atoms with van der Waals surface area (Å²) < 4.78 is 0. The van der Waals surface area contributed by atoms with Crippen LogP contribution in [0.15, 0.2) is 24.3 Å². The molecule has 2 heteroatoms. The van der Waals surface area contributed by atoms with Gasteiger partial charge in [0.2, 0.25) is 0 Å². The van der Waals surface area contributed by atoms with Crippen LogP contribution >= 0.6 is 11.6 Å². The molecule has 1 aromatic carbocycles. The highest BCUT2D eigenvalue weighted by Gasteiger charge is 1.86. The van der Waals surface area contributed by atoms with Crippen LogP contribution in [0.5, 0.6) is 0 Å². The fraction of sp³-hybridized carbons (Fsp3) is 0.111. The number of hydrogen-bond acceptors (Lipinski definition) is 1. The van der Waals surface area contributed by atoms with E-state index in [0.717, 1.165) is 5.56 Å². The van der Waals surface area contributed by atoms with Gasteiger partial charge in [0.25, 0.3) is 0 Å². The van der Waals surface area contributed by atoms with Crippen molar-refractivity contribution in [3.8, 4) is 11.8 Å². The molecule has 0 saturated heterocycles. The molecule has 11 heavy (non-hydrogen) atoms. The molecule has 0 fully saturated rings. The first-order chi connectivity index (χ1) is 5.33. The molecule has 1 N–H and O–H groups in total. The predicted molar refractivity (Wildman–Crippen MR) is 45.4 cm³/mol. The van der Waals surface area contributed by atoms with Gasteiger partial charge in [0.05, 0.1) is 0 Å². The second-order valence-electron chi connectivity index (χ2n) is 1.97. The fourth-order valence-electron chi connectivity index (χ4n) is 0.708. The van der Waals surface area contributed by atoms with Crippen LogP contribution in [0.4, 0.5) is 0 Å². The molecule has 0 aromatic heterocycles. The van der Waals surface area contributed by atoms with Gasteiger partial charge in [-0.05, 0) is 18.2 Å². The fourth-order valence-corrected chi connectivity index (χ4v) is 0.898. The summed E-state index contributed by atoms with van der Waals surface area (Å²) >= 11 is 5.69. The third-order valence-corrected chi connectivity index (χ3v) is 1.37. The van der Waals surface area contributed by atoms with Crippen molar-refractivity contribution in [1.29, 1.82) is 0 Å². The Bertz CT molecular complexity index is 296. The van der Waals surface area contributed by atoms with E-state index in [2.05, 4.69) is 11.8 Å². The molecule has 1 nitrogen and oxygen atoms in total. The average Bonchev–Trinajstić information content (AvgIpc) is 2.01. The summed E-state index contributed by atoms with van der Waals surface area (Å²) in [6, 6.07) is 7.20. The van der Waals surface area contributed by atoms with Gasteiger partial charge in [-0.1, -0.05) is 29.5 Å². The Kier molecular flexibility index (Phi) is 2.97. The second kappa shape index (κ2) is 4.02. The van der Waals surface area contributed by atoms with Crippen LogP contribution in [-0.2, 0) is 0 Å². The first-order valence-corrected chi connectivity index (χ1v) is 3.56. The monoisotopic (exact) mass is 166 g/mol. The van der Waals surface area contributed by atoms with Gasteiger partial charge in [-0.2, -0.15) is 0 Å².